The molecule has 1 atom stereocenters. The highest BCUT2D eigenvalue weighted by Gasteiger charge is 2.31. The van der Waals surface area contributed by atoms with Crippen molar-refractivity contribution in [1.82, 2.24) is 4.57 Å². The van der Waals surface area contributed by atoms with E-state index in [1.807, 2.05) is 39.0 Å². The van der Waals surface area contributed by atoms with Gasteiger partial charge < -0.3 is 23.7 Å². The number of rotatable bonds is 12. The van der Waals surface area contributed by atoms with Crippen LogP contribution in [0.1, 0.15) is 37.9 Å². The largest absolute Gasteiger partial charge is 0.490 e. The summed E-state index contributed by atoms with van der Waals surface area (Å²) in [6, 6.07) is 8.36. The van der Waals surface area contributed by atoms with E-state index in [4.69, 9.17) is 23.7 Å². The van der Waals surface area contributed by atoms with Crippen molar-refractivity contribution >= 4 is 46.0 Å². The minimum Gasteiger partial charge on any atom is -0.490 e. The first-order valence-electron chi connectivity index (χ1n) is 13.1. The number of methoxy groups -OCH3 is 1. The van der Waals surface area contributed by atoms with Gasteiger partial charge in [-0.25, -0.2) is 9.79 Å². The lowest BCUT2D eigenvalue weighted by Gasteiger charge is -2.23. The maximum atomic E-state index is 13.9. The molecule has 0 unspecified atom stereocenters. The highest BCUT2D eigenvalue weighted by molar-refractivity contribution is 14.1. The average molecular weight is 691 g/mol. The summed E-state index contributed by atoms with van der Waals surface area (Å²) in [7, 11) is 1.30. The Morgan fingerprint density at radius 2 is 1.76 bits per heavy atom. The molecule has 0 spiro atoms. The lowest BCUT2D eigenvalue weighted by Crippen LogP contribution is -2.39. The summed E-state index contributed by atoms with van der Waals surface area (Å²) in [4.78, 5) is 31.7. The fraction of sp³-hybridized carbons (Fsp3) is 0.300. The summed E-state index contributed by atoms with van der Waals surface area (Å²) in [5.41, 5.74) is 1.36. The van der Waals surface area contributed by atoms with Gasteiger partial charge in [0.25, 0.3) is 5.56 Å². The van der Waals surface area contributed by atoms with Crippen LogP contribution in [0.2, 0.25) is 0 Å². The molecule has 41 heavy (non-hydrogen) atoms. The molecule has 1 aliphatic heterocycles. The Morgan fingerprint density at radius 3 is 2.44 bits per heavy atom. The second kappa shape index (κ2) is 13.9. The number of nitrogens with zero attached hydrogens (tertiary/aromatic N) is 2. The van der Waals surface area contributed by atoms with E-state index in [0.29, 0.717) is 64.3 Å². The van der Waals surface area contributed by atoms with E-state index in [0.717, 1.165) is 9.13 Å². The van der Waals surface area contributed by atoms with Crippen molar-refractivity contribution in [3.63, 3.8) is 0 Å². The number of thiazole rings is 1. The van der Waals surface area contributed by atoms with Crippen LogP contribution in [0, 0.1) is 3.57 Å². The van der Waals surface area contributed by atoms with Crippen molar-refractivity contribution < 1.29 is 28.5 Å². The van der Waals surface area contributed by atoms with E-state index in [2.05, 4.69) is 34.2 Å². The Balaban J connectivity index is 1.88. The van der Waals surface area contributed by atoms with Crippen molar-refractivity contribution in [3.8, 4) is 23.0 Å². The van der Waals surface area contributed by atoms with Crippen LogP contribution in [0.5, 0.6) is 23.0 Å². The molecular weight excluding hydrogens is 659 g/mol. The lowest BCUT2D eigenvalue weighted by molar-refractivity contribution is -0.136. The number of halogens is 1. The highest BCUT2D eigenvalue weighted by atomic mass is 127. The molecule has 2 heterocycles. The highest BCUT2D eigenvalue weighted by Crippen LogP contribution is 2.36. The molecule has 0 saturated heterocycles. The molecule has 3 aromatic rings. The Bertz CT molecular complexity index is 1660. The summed E-state index contributed by atoms with van der Waals surface area (Å²) in [6.07, 6.45) is 4.92. The second-order valence-electron chi connectivity index (χ2n) is 8.61. The normalized spacial score (nSPS) is 14.4. The third kappa shape index (κ3) is 6.51. The van der Waals surface area contributed by atoms with E-state index in [1.165, 1.54) is 29.2 Å². The van der Waals surface area contributed by atoms with Crippen molar-refractivity contribution in [3.05, 3.63) is 89.1 Å². The third-order valence-electron chi connectivity index (χ3n) is 5.98. The SMILES string of the molecule is C=CCOc1c(I)cc(/C=c2/sc3n(c2=O)[C@@H](c2ccc(OCC)c(OCC)c2)C(C(=O)OC)=CN=3)cc1OCC. The van der Waals surface area contributed by atoms with Crippen LogP contribution in [-0.2, 0) is 9.53 Å². The van der Waals surface area contributed by atoms with E-state index in [1.54, 1.807) is 24.3 Å². The standard InChI is InChI=1S/C30H31IN2O7S/c1-6-12-40-27-21(31)13-18(14-24(27)39-9-4)15-25-28(34)33-26(20(29(35)36-5)17-32-30(33)41-25)19-10-11-22(37-7-2)23(16-19)38-8-3/h6,10-11,13-17,26H,1,7-9,12H2,2-5H3/b25-15+/t26-/m0/s1. The van der Waals surface area contributed by atoms with Gasteiger partial charge in [0.05, 0.1) is 46.6 Å². The Hall–Kier alpha value is -3.58. The summed E-state index contributed by atoms with van der Waals surface area (Å²) < 4.78 is 31.0. The van der Waals surface area contributed by atoms with E-state index >= 15 is 0 Å². The first-order chi connectivity index (χ1) is 19.9. The predicted molar refractivity (Wildman–Crippen MR) is 166 cm³/mol. The van der Waals surface area contributed by atoms with Crippen LogP contribution in [-0.4, -0.2) is 44.1 Å². The zero-order chi connectivity index (χ0) is 29.5. The molecule has 11 heteroatoms. The van der Waals surface area contributed by atoms with E-state index < -0.39 is 12.0 Å². The molecule has 0 aliphatic carbocycles. The molecule has 1 aromatic heterocycles. The van der Waals surface area contributed by atoms with Gasteiger partial charge in [0.2, 0.25) is 0 Å². The van der Waals surface area contributed by atoms with Gasteiger partial charge in [0.1, 0.15) is 6.61 Å². The lowest BCUT2D eigenvalue weighted by atomic mass is 9.97. The molecule has 216 valence electrons. The van der Waals surface area contributed by atoms with Crippen LogP contribution in [0.25, 0.3) is 6.08 Å². The van der Waals surface area contributed by atoms with Crippen molar-refractivity contribution in [2.24, 2.45) is 4.99 Å². The summed E-state index contributed by atoms with van der Waals surface area (Å²) in [6.45, 7) is 11.0. The van der Waals surface area contributed by atoms with Crippen LogP contribution >= 0.6 is 33.9 Å². The number of carbonyl (C=O) groups excluding carboxylic acids is 1. The number of hydrogen-bond acceptors (Lipinski definition) is 9. The molecule has 0 saturated carbocycles. The number of aromatic nitrogens is 1. The topological polar surface area (TPSA) is 97.6 Å². The summed E-state index contributed by atoms with van der Waals surface area (Å²) >= 11 is 3.42. The molecule has 4 rings (SSSR count). The van der Waals surface area contributed by atoms with E-state index in [-0.39, 0.29) is 11.1 Å². The number of fused-ring (bicyclic) bond motifs is 1. The fourth-order valence-corrected chi connectivity index (χ4v) is 6.11. The molecule has 0 N–H and O–H groups in total. The van der Waals surface area contributed by atoms with Crippen LogP contribution in [0.15, 0.2) is 64.5 Å². The monoisotopic (exact) mass is 690 g/mol. The van der Waals surface area contributed by atoms with Crippen molar-refractivity contribution in [2.45, 2.75) is 26.8 Å². The van der Waals surface area contributed by atoms with Gasteiger partial charge in [0.15, 0.2) is 27.8 Å². The zero-order valence-corrected chi connectivity index (χ0v) is 26.2. The molecule has 0 bridgehead atoms. The van der Waals surface area contributed by atoms with Crippen molar-refractivity contribution in [1.29, 1.82) is 0 Å². The first kappa shape index (κ1) is 30.4. The molecule has 1 aliphatic rings. The second-order valence-corrected chi connectivity index (χ2v) is 10.8. The number of esters is 1. The van der Waals surface area contributed by atoms with Gasteiger partial charge in [-0.05, 0) is 84.8 Å². The summed E-state index contributed by atoms with van der Waals surface area (Å²) in [5.74, 6) is 1.71. The molecular formula is C30H31IN2O7S. The van der Waals surface area contributed by atoms with Crippen LogP contribution in [0.3, 0.4) is 0 Å². The van der Waals surface area contributed by atoms with Crippen LogP contribution < -0.4 is 33.8 Å². The minimum absolute atomic E-state index is 0.231. The quantitative estimate of drug-likeness (QED) is 0.158. The number of ether oxygens (including phenoxy) is 5. The van der Waals surface area contributed by atoms with E-state index in [9.17, 15) is 9.59 Å². The third-order valence-corrected chi connectivity index (χ3v) is 7.78. The molecule has 2 aromatic carbocycles. The Labute approximate surface area is 255 Å². The number of hydrogen-bond donors (Lipinski definition) is 0. The molecule has 9 nitrogen and oxygen atoms in total. The number of benzene rings is 2. The van der Waals surface area contributed by atoms with Gasteiger partial charge in [0, 0.05) is 6.20 Å². The van der Waals surface area contributed by atoms with Gasteiger partial charge >= 0.3 is 5.97 Å². The van der Waals surface area contributed by atoms with Crippen molar-refractivity contribution in [2.75, 3.05) is 33.5 Å². The Morgan fingerprint density at radius 1 is 1.05 bits per heavy atom. The Kier molecular flexibility index (Phi) is 10.3. The molecule has 0 amide bonds. The van der Waals surface area contributed by atoms with Gasteiger partial charge in [-0.15, -0.1) is 0 Å². The first-order valence-corrected chi connectivity index (χ1v) is 14.9. The zero-order valence-electron chi connectivity index (χ0n) is 23.3. The molecule has 0 radical (unpaired) electrons. The summed E-state index contributed by atoms with van der Waals surface area (Å²) in [5, 5.41) is 0. The van der Waals surface area contributed by atoms with Gasteiger partial charge in [-0.1, -0.05) is 30.1 Å². The predicted octanol–water partition coefficient (Wildman–Crippen LogP) is 4.38. The fourth-order valence-electron chi connectivity index (χ4n) is 4.36. The van der Waals surface area contributed by atoms with Crippen LogP contribution in [0.4, 0.5) is 0 Å². The maximum absolute atomic E-state index is 13.9. The molecule has 0 fully saturated rings. The van der Waals surface area contributed by atoms with Gasteiger partial charge in [-0.2, -0.15) is 0 Å². The maximum Gasteiger partial charge on any atom is 0.337 e. The average Bonchev–Trinajstić information content (AvgIpc) is 3.27. The smallest absolute Gasteiger partial charge is 0.337 e. The minimum atomic E-state index is -0.774. The van der Waals surface area contributed by atoms with Gasteiger partial charge in [-0.3, -0.25) is 9.36 Å². The number of carbonyl (C=O) groups is 1.